The fraction of sp³-hybridized carbons (Fsp3) is 0.417. The second-order valence-electron chi connectivity index (χ2n) is 3.26. The number of hydrogen-bond acceptors (Lipinski definition) is 3. The van der Waals surface area contributed by atoms with Crippen LogP contribution in [0.4, 0.5) is 8.78 Å². The summed E-state index contributed by atoms with van der Waals surface area (Å²) in [5.74, 6) is 0.242. The van der Waals surface area contributed by atoms with Crippen molar-refractivity contribution in [1.82, 2.24) is 0 Å². The Morgan fingerprint density at radius 3 is 1.94 bits per heavy atom. The lowest BCUT2D eigenvalue weighted by Gasteiger charge is -2.13. The van der Waals surface area contributed by atoms with Crippen molar-refractivity contribution < 1.29 is 23.0 Å². The third-order valence-corrected chi connectivity index (χ3v) is 2.01. The van der Waals surface area contributed by atoms with E-state index in [1.165, 1.54) is 6.92 Å². The smallest absolute Gasteiger partial charge is 0.167 e. The van der Waals surface area contributed by atoms with Crippen molar-refractivity contribution in [2.45, 2.75) is 6.92 Å². The lowest BCUT2D eigenvalue weighted by Crippen LogP contribution is -2.08. The van der Waals surface area contributed by atoms with Crippen LogP contribution in [0.3, 0.4) is 0 Å². The Labute approximate surface area is 98.3 Å². The molecule has 1 aromatic rings. The first kappa shape index (κ1) is 13.4. The van der Waals surface area contributed by atoms with Gasteiger partial charge in [-0.2, -0.15) is 0 Å². The molecule has 0 saturated heterocycles. The minimum atomic E-state index is -0.646. The van der Waals surface area contributed by atoms with Crippen LogP contribution in [0.5, 0.6) is 11.5 Å². The molecule has 0 spiro atoms. The monoisotopic (exact) mass is 244 g/mol. The summed E-state index contributed by atoms with van der Waals surface area (Å²) in [6.07, 6.45) is 0. The number of hydrogen-bond donors (Lipinski definition) is 0. The molecular weight excluding hydrogens is 230 g/mol. The molecule has 0 bridgehead atoms. The van der Waals surface area contributed by atoms with Crippen molar-refractivity contribution in [3.63, 3.8) is 0 Å². The quantitative estimate of drug-likeness (QED) is 0.691. The van der Waals surface area contributed by atoms with Crippen molar-refractivity contribution in [3.8, 4) is 11.5 Å². The molecule has 1 aromatic carbocycles. The summed E-state index contributed by atoms with van der Waals surface area (Å²) < 4.78 is 34.2. The molecule has 0 atom stereocenters. The zero-order chi connectivity index (χ0) is 12.7. The van der Waals surface area contributed by atoms with E-state index in [-0.39, 0.29) is 36.1 Å². The standard InChI is InChI=1S/C12H14F2O3/c1-9(15)12-10(16-7-5-13)3-2-4-11(12)17-8-6-14/h2-4H,5-8H2,1H3. The lowest BCUT2D eigenvalue weighted by molar-refractivity contribution is 0.100. The summed E-state index contributed by atoms with van der Waals surface area (Å²) in [4.78, 5) is 11.5. The molecular formula is C12H14F2O3. The maximum atomic E-state index is 12.0. The molecule has 0 unspecified atom stereocenters. The van der Waals surface area contributed by atoms with Crippen molar-refractivity contribution in [3.05, 3.63) is 23.8 Å². The van der Waals surface area contributed by atoms with Gasteiger partial charge in [0.2, 0.25) is 0 Å². The number of ketones is 1. The Balaban J connectivity index is 2.99. The molecule has 0 heterocycles. The molecule has 0 aliphatic carbocycles. The number of ether oxygens (including phenoxy) is 2. The van der Waals surface area contributed by atoms with Crippen molar-refractivity contribution in [2.24, 2.45) is 0 Å². The summed E-state index contributed by atoms with van der Waals surface area (Å²) in [5, 5.41) is 0. The molecule has 0 aliphatic rings. The fourth-order valence-electron chi connectivity index (χ4n) is 1.40. The minimum absolute atomic E-state index is 0.132. The average molecular weight is 244 g/mol. The maximum Gasteiger partial charge on any atom is 0.167 e. The van der Waals surface area contributed by atoms with E-state index < -0.39 is 13.3 Å². The van der Waals surface area contributed by atoms with Gasteiger partial charge < -0.3 is 9.47 Å². The van der Waals surface area contributed by atoms with Crippen LogP contribution < -0.4 is 9.47 Å². The average Bonchev–Trinajstić information content (AvgIpc) is 2.33. The van der Waals surface area contributed by atoms with Gasteiger partial charge in [-0.25, -0.2) is 8.78 Å². The van der Waals surface area contributed by atoms with E-state index in [0.29, 0.717) is 0 Å². The van der Waals surface area contributed by atoms with E-state index in [9.17, 15) is 13.6 Å². The molecule has 0 radical (unpaired) electrons. The van der Waals surface area contributed by atoms with Gasteiger partial charge in [-0.15, -0.1) is 0 Å². The molecule has 17 heavy (non-hydrogen) atoms. The number of Topliss-reactive ketones (excluding diaryl/α,β-unsaturated/α-hetero) is 1. The zero-order valence-corrected chi connectivity index (χ0v) is 9.54. The second-order valence-corrected chi connectivity index (χ2v) is 3.26. The van der Waals surface area contributed by atoms with Gasteiger partial charge in [-0.1, -0.05) is 6.07 Å². The van der Waals surface area contributed by atoms with Crippen molar-refractivity contribution >= 4 is 5.78 Å². The Morgan fingerprint density at radius 1 is 1.12 bits per heavy atom. The molecule has 0 amide bonds. The first-order valence-corrected chi connectivity index (χ1v) is 5.22. The maximum absolute atomic E-state index is 12.0. The van der Waals surface area contributed by atoms with Crippen LogP contribution in [0, 0.1) is 0 Å². The van der Waals surface area contributed by atoms with Crippen LogP contribution in [0.1, 0.15) is 17.3 Å². The highest BCUT2D eigenvalue weighted by molar-refractivity contribution is 5.99. The summed E-state index contributed by atoms with van der Waals surface area (Å²) in [6.45, 7) is -0.209. The van der Waals surface area contributed by atoms with Crippen LogP contribution in [-0.4, -0.2) is 32.3 Å². The van der Waals surface area contributed by atoms with Gasteiger partial charge in [-0.05, 0) is 19.1 Å². The van der Waals surface area contributed by atoms with E-state index in [2.05, 4.69) is 0 Å². The highest BCUT2D eigenvalue weighted by Gasteiger charge is 2.15. The molecule has 3 nitrogen and oxygen atoms in total. The molecule has 0 N–H and O–H groups in total. The first-order valence-electron chi connectivity index (χ1n) is 5.22. The molecule has 0 aromatic heterocycles. The molecule has 0 saturated carbocycles. The highest BCUT2D eigenvalue weighted by atomic mass is 19.1. The van der Waals surface area contributed by atoms with Crippen LogP contribution in [0.15, 0.2) is 18.2 Å². The molecule has 5 heteroatoms. The Morgan fingerprint density at radius 2 is 1.59 bits per heavy atom. The van der Waals surface area contributed by atoms with Crippen molar-refractivity contribution in [1.29, 1.82) is 0 Å². The van der Waals surface area contributed by atoms with Gasteiger partial charge >= 0.3 is 0 Å². The fourth-order valence-corrected chi connectivity index (χ4v) is 1.40. The second kappa shape index (κ2) is 6.83. The first-order chi connectivity index (χ1) is 8.20. The van der Waals surface area contributed by atoms with Gasteiger partial charge in [-0.3, -0.25) is 4.79 Å². The number of alkyl halides is 2. The minimum Gasteiger partial charge on any atom is -0.490 e. The number of carbonyl (C=O) groups excluding carboxylic acids is 1. The lowest BCUT2D eigenvalue weighted by atomic mass is 10.1. The van der Waals surface area contributed by atoms with Gasteiger partial charge in [0.05, 0.1) is 0 Å². The van der Waals surface area contributed by atoms with E-state index in [1.807, 2.05) is 0 Å². The summed E-state index contributed by atoms with van der Waals surface area (Å²) in [5.41, 5.74) is 0.217. The number of carbonyl (C=O) groups is 1. The summed E-state index contributed by atoms with van der Waals surface area (Å²) in [7, 11) is 0. The Hall–Kier alpha value is -1.65. The predicted octanol–water partition coefficient (Wildman–Crippen LogP) is 2.59. The Kier molecular flexibility index (Phi) is 5.39. The third kappa shape index (κ3) is 3.69. The summed E-state index contributed by atoms with van der Waals surface area (Å²) in [6, 6.07) is 4.71. The van der Waals surface area contributed by atoms with Gasteiger partial charge in [0.25, 0.3) is 0 Å². The molecule has 94 valence electrons. The largest absolute Gasteiger partial charge is 0.490 e. The number of halogens is 2. The predicted molar refractivity (Wildman–Crippen MR) is 59.4 cm³/mol. The van der Waals surface area contributed by atoms with Crippen molar-refractivity contribution in [2.75, 3.05) is 26.6 Å². The third-order valence-electron chi connectivity index (χ3n) is 2.01. The van der Waals surface area contributed by atoms with Crippen LogP contribution in [0.25, 0.3) is 0 Å². The highest BCUT2D eigenvalue weighted by Crippen LogP contribution is 2.29. The topological polar surface area (TPSA) is 35.5 Å². The van der Waals surface area contributed by atoms with E-state index in [0.717, 1.165) is 0 Å². The number of benzene rings is 1. The van der Waals surface area contributed by atoms with E-state index >= 15 is 0 Å². The van der Waals surface area contributed by atoms with E-state index in [4.69, 9.17) is 9.47 Å². The number of rotatable bonds is 7. The van der Waals surface area contributed by atoms with Gasteiger partial charge in [0, 0.05) is 0 Å². The van der Waals surface area contributed by atoms with E-state index in [1.54, 1.807) is 18.2 Å². The SMILES string of the molecule is CC(=O)c1c(OCCF)cccc1OCCF. The molecule has 0 aliphatic heterocycles. The molecule has 0 fully saturated rings. The van der Waals surface area contributed by atoms with Gasteiger partial charge in [0.15, 0.2) is 5.78 Å². The Bertz CT molecular complexity index is 354. The van der Waals surface area contributed by atoms with Crippen LogP contribution in [-0.2, 0) is 0 Å². The van der Waals surface area contributed by atoms with Crippen LogP contribution in [0.2, 0.25) is 0 Å². The summed E-state index contributed by atoms with van der Waals surface area (Å²) >= 11 is 0. The van der Waals surface area contributed by atoms with Crippen LogP contribution >= 0.6 is 0 Å². The molecule has 1 rings (SSSR count). The van der Waals surface area contributed by atoms with Gasteiger partial charge in [0.1, 0.15) is 43.6 Å². The zero-order valence-electron chi connectivity index (χ0n) is 9.54. The normalized spacial score (nSPS) is 10.1.